The molecule has 2 aliphatic heterocycles. The number of Topliss-reactive ketones (excluding diaryl/α,β-unsaturated/α-hetero) is 1. The Bertz CT molecular complexity index is 1270. The van der Waals surface area contributed by atoms with Crippen LogP contribution in [0.4, 0.5) is 0 Å². The van der Waals surface area contributed by atoms with Crippen molar-refractivity contribution >= 4 is 26.7 Å². The fraction of sp³-hybridized carbons (Fsp3) is 0.375. The molecule has 3 aromatic rings. The van der Waals surface area contributed by atoms with Crippen LogP contribution in [0.3, 0.4) is 0 Å². The number of carbonyl (C=O) groups is 1. The van der Waals surface area contributed by atoms with Crippen molar-refractivity contribution in [3.63, 3.8) is 0 Å². The zero-order valence-corrected chi connectivity index (χ0v) is 18.4. The first kappa shape index (κ1) is 19.5. The molecule has 0 aliphatic carbocycles. The second-order valence-electron chi connectivity index (χ2n) is 9.15. The highest BCUT2D eigenvalue weighted by atomic mass is 32.2. The molecule has 0 bridgehead atoms. The molecule has 6 heteroatoms. The molecule has 2 aliphatic rings. The summed E-state index contributed by atoms with van der Waals surface area (Å²) >= 11 is 0. The lowest BCUT2D eigenvalue weighted by Gasteiger charge is -2.49. The summed E-state index contributed by atoms with van der Waals surface area (Å²) in [6.07, 6.45) is 1.64. The van der Waals surface area contributed by atoms with E-state index in [9.17, 15) is 13.2 Å². The van der Waals surface area contributed by atoms with Gasteiger partial charge in [-0.2, -0.15) is 0 Å². The van der Waals surface area contributed by atoms with E-state index in [0.717, 1.165) is 35.2 Å². The van der Waals surface area contributed by atoms with Crippen molar-refractivity contribution in [2.24, 2.45) is 0 Å². The topological polar surface area (TPSA) is 59.4 Å². The van der Waals surface area contributed by atoms with Gasteiger partial charge in [0.25, 0.3) is 10.0 Å². The van der Waals surface area contributed by atoms with E-state index in [1.165, 1.54) is 3.97 Å². The lowest BCUT2D eigenvalue weighted by Crippen LogP contribution is -2.54. The summed E-state index contributed by atoms with van der Waals surface area (Å²) in [5.74, 6) is 0.193. The van der Waals surface area contributed by atoms with Gasteiger partial charge in [0.2, 0.25) is 0 Å². The van der Waals surface area contributed by atoms with Crippen molar-refractivity contribution in [3.8, 4) is 0 Å². The number of hydrogen-bond donors (Lipinski definition) is 0. The van der Waals surface area contributed by atoms with E-state index in [1.807, 2.05) is 43.3 Å². The van der Waals surface area contributed by atoms with Gasteiger partial charge in [-0.05, 0) is 51.0 Å². The zero-order chi connectivity index (χ0) is 21.3. The van der Waals surface area contributed by atoms with E-state index in [2.05, 4.69) is 18.7 Å². The molecular weight excluding hydrogens is 396 g/mol. The number of fused-ring (bicyclic) bond motifs is 5. The van der Waals surface area contributed by atoms with Crippen LogP contribution in [-0.4, -0.2) is 35.2 Å². The van der Waals surface area contributed by atoms with Crippen LogP contribution in [0, 0.1) is 6.92 Å². The molecule has 1 atom stereocenters. The third-order valence-corrected chi connectivity index (χ3v) is 8.40. The SMILES string of the molecule is Cc1ccc(S(=O)(=O)n2c3c(c4ccccc42)CCN2[C@H]3CC(=O)CC2(C)C)cc1. The van der Waals surface area contributed by atoms with Gasteiger partial charge in [-0.1, -0.05) is 35.9 Å². The molecule has 156 valence electrons. The van der Waals surface area contributed by atoms with Crippen molar-refractivity contribution in [2.45, 2.75) is 56.5 Å². The molecule has 0 unspecified atom stereocenters. The Kier molecular flexibility index (Phi) is 4.25. The summed E-state index contributed by atoms with van der Waals surface area (Å²) in [6, 6.07) is 14.5. The average Bonchev–Trinajstić information content (AvgIpc) is 3.03. The van der Waals surface area contributed by atoms with Crippen molar-refractivity contribution in [1.29, 1.82) is 0 Å². The Hall–Kier alpha value is -2.44. The summed E-state index contributed by atoms with van der Waals surface area (Å²) in [4.78, 5) is 15.2. The minimum absolute atomic E-state index is 0.193. The molecule has 0 spiro atoms. The van der Waals surface area contributed by atoms with Gasteiger partial charge in [-0.3, -0.25) is 9.69 Å². The molecule has 0 N–H and O–H groups in total. The standard InChI is InChI=1S/C24H26N2O3S/c1-16-8-10-18(11-9-16)30(28,29)26-21-7-5-4-6-19(21)20-12-13-25-22(23(20)26)14-17(27)15-24(25,2)3/h4-11,22H,12-15H2,1-3H3/t22-/m0/s1. The highest BCUT2D eigenvalue weighted by Gasteiger charge is 2.46. The molecular formula is C24H26N2O3S. The number of hydrogen-bond acceptors (Lipinski definition) is 4. The fourth-order valence-electron chi connectivity index (χ4n) is 5.31. The molecule has 0 radical (unpaired) electrons. The molecule has 2 aromatic carbocycles. The number of ketones is 1. The number of benzene rings is 2. The number of aromatic nitrogens is 1. The van der Waals surface area contributed by atoms with Gasteiger partial charge in [0.1, 0.15) is 5.78 Å². The number of piperidine rings is 1. The molecule has 0 saturated carbocycles. The van der Waals surface area contributed by atoms with Crippen LogP contribution in [0.25, 0.3) is 10.9 Å². The Morgan fingerprint density at radius 2 is 1.73 bits per heavy atom. The van der Waals surface area contributed by atoms with Gasteiger partial charge >= 0.3 is 0 Å². The average molecular weight is 423 g/mol. The van der Waals surface area contributed by atoms with E-state index >= 15 is 0 Å². The largest absolute Gasteiger partial charge is 0.300 e. The van der Waals surface area contributed by atoms with Gasteiger partial charge in [0, 0.05) is 30.3 Å². The summed E-state index contributed by atoms with van der Waals surface area (Å²) in [7, 11) is -3.81. The second kappa shape index (κ2) is 6.53. The third kappa shape index (κ3) is 2.77. The zero-order valence-electron chi connectivity index (χ0n) is 17.6. The van der Waals surface area contributed by atoms with Gasteiger partial charge in [0.15, 0.2) is 0 Å². The molecule has 30 heavy (non-hydrogen) atoms. The number of rotatable bonds is 2. The first-order valence-electron chi connectivity index (χ1n) is 10.4. The Morgan fingerprint density at radius 3 is 2.47 bits per heavy atom. The molecule has 5 rings (SSSR count). The minimum atomic E-state index is -3.81. The Labute approximate surface area is 177 Å². The van der Waals surface area contributed by atoms with Crippen LogP contribution in [-0.2, 0) is 21.2 Å². The van der Waals surface area contributed by atoms with Crippen molar-refractivity contribution in [1.82, 2.24) is 8.87 Å². The fourth-order valence-corrected chi connectivity index (χ4v) is 6.91. The second-order valence-corrected chi connectivity index (χ2v) is 10.9. The minimum Gasteiger partial charge on any atom is -0.300 e. The lowest BCUT2D eigenvalue weighted by molar-refractivity contribution is -0.129. The number of aryl methyl sites for hydroxylation is 1. The third-order valence-electron chi connectivity index (χ3n) is 6.66. The molecule has 1 saturated heterocycles. The van der Waals surface area contributed by atoms with Crippen LogP contribution in [0.5, 0.6) is 0 Å². The van der Waals surface area contributed by atoms with Crippen LogP contribution in [0.2, 0.25) is 0 Å². The van der Waals surface area contributed by atoms with Crippen molar-refractivity contribution in [2.75, 3.05) is 6.54 Å². The van der Waals surface area contributed by atoms with Gasteiger partial charge in [0.05, 0.1) is 22.1 Å². The normalized spacial score (nSPS) is 21.4. The summed E-state index contributed by atoms with van der Waals surface area (Å²) in [5.41, 5.74) is 3.25. The molecule has 0 amide bonds. The van der Waals surface area contributed by atoms with E-state index in [0.29, 0.717) is 18.4 Å². The highest BCUT2D eigenvalue weighted by Crippen LogP contribution is 2.46. The maximum absolute atomic E-state index is 13.9. The maximum Gasteiger partial charge on any atom is 0.268 e. The summed E-state index contributed by atoms with van der Waals surface area (Å²) in [6.45, 7) is 6.94. The van der Waals surface area contributed by atoms with Gasteiger partial charge < -0.3 is 0 Å². The monoisotopic (exact) mass is 422 g/mol. The van der Waals surface area contributed by atoms with Crippen molar-refractivity contribution in [3.05, 3.63) is 65.4 Å². The summed E-state index contributed by atoms with van der Waals surface area (Å²) in [5, 5.41) is 0.971. The van der Waals surface area contributed by atoms with Crippen LogP contribution >= 0.6 is 0 Å². The summed E-state index contributed by atoms with van der Waals surface area (Å²) < 4.78 is 29.3. The quantitative estimate of drug-likeness (QED) is 0.620. The van der Waals surface area contributed by atoms with E-state index in [1.54, 1.807) is 12.1 Å². The van der Waals surface area contributed by atoms with Crippen LogP contribution < -0.4 is 0 Å². The molecule has 1 fully saturated rings. The molecule has 5 nitrogen and oxygen atoms in total. The van der Waals surface area contributed by atoms with Crippen LogP contribution in [0.1, 0.15) is 49.6 Å². The number of para-hydroxylation sites is 1. The maximum atomic E-state index is 13.9. The first-order chi connectivity index (χ1) is 14.2. The molecule has 3 heterocycles. The van der Waals surface area contributed by atoms with Crippen molar-refractivity contribution < 1.29 is 13.2 Å². The van der Waals surface area contributed by atoms with Gasteiger partial charge in [-0.15, -0.1) is 0 Å². The van der Waals surface area contributed by atoms with E-state index < -0.39 is 10.0 Å². The Morgan fingerprint density at radius 1 is 1.03 bits per heavy atom. The van der Waals surface area contributed by atoms with E-state index in [-0.39, 0.29) is 22.3 Å². The highest BCUT2D eigenvalue weighted by molar-refractivity contribution is 7.90. The number of nitrogens with zero attached hydrogens (tertiary/aromatic N) is 2. The number of carbonyl (C=O) groups excluding carboxylic acids is 1. The lowest BCUT2D eigenvalue weighted by atomic mass is 9.81. The van der Waals surface area contributed by atoms with E-state index in [4.69, 9.17) is 0 Å². The predicted molar refractivity (Wildman–Crippen MR) is 117 cm³/mol. The first-order valence-corrected chi connectivity index (χ1v) is 11.9. The van der Waals surface area contributed by atoms with Gasteiger partial charge in [-0.25, -0.2) is 12.4 Å². The molecule has 1 aromatic heterocycles. The Balaban J connectivity index is 1.81. The smallest absolute Gasteiger partial charge is 0.268 e. The van der Waals surface area contributed by atoms with Crippen LogP contribution in [0.15, 0.2) is 53.4 Å². The predicted octanol–water partition coefficient (Wildman–Crippen LogP) is 4.23.